The van der Waals surface area contributed by atoms with Gasteiger partial charge >= 0.3 is 0 Å². The molecule has 0 unspecified atom stereocenters. The highest BCUT2D eigenvalue weighted by molar-refractivity contribution is 6.06. The number of carbonyl (C=O) groups is 2. The smallest absolute Gasteiger partial charge is 0.253 e. The van der Waals surface area contributed by atoms with E-state index in [1.165, 1.54) is 0 Å². The van der Waals surface area contributed by atoms with Gasteiger partial charge in [-0.2, -0.15) is 0 Å². The molecule has 1 saturated heterocycles. The number of amides is 2. The fourth-order valence-electron chi connectivity index (χ4n) is 4.24. The van der Waals surface area contributed by atoms with Gasteiger partial charge in [-0.25, -0.2) is 4.98 Å². The van der Waals surface area contributed by atoms with Crippen LogP contribution < -0.4 is 10.6 Å². The fraction of sp³-hybridized carbons (Fsp3) is 0.348. The first-order valence-corrected chi connectivity index (χ1v) is 10.7. The predicted molar refractivity (Wildman–Crippen MR) is 117 cm³/mol. The number of rotatable bonds is 5. The molecule has 0 aliphatic carbocycles. The summed E-state index contributed by atoms with van der Waals surface area (Å²) in [4.78, 5) is 32.2. The minimum Gasteiger partial charge on any atom is -0.379 e. The fourth-order valence-corrected chi connectivity index (χ4v) is 4.24. The first-order valence-electron chi connectivity index (χ1n) is 10.7. The van der Waals surface area contributed by atoms with E-state index in [1.54, 1.807) is 0 Å². The van der Waals surface area contributed by atoms with E-state index in [1.807, 2.05) is 42.5 Å². The molecule has 5 rings (SSSR count). The number of hydrogen-bond donors (Lipinski definition) is 2. The molecule has 2 aliphatic rings. The van der Waals surface area contributed by atoms with Gasteiger partial charge in [0.15, 0.2) is 0 Å². The normalized spacial score (nSPS) is 16.7. The molecule has 3 heterocycles. The van der Waals surface area contributed by atoms with E-state index >= 15 is 0 Å². The molecule has 2 aromatic carbocycles. The highest BCUT2D eigenvalue weighted by Crippen LogP contribution is 2.28. The van der Waals surface area contributed by atoms with Crippen LogP contribution in [0.15, 0.2) is 42.5 Å². The first kappa shape index (κ1) is 19.7. The average molecular weight is 419 g/mol. The van der Waals surface area contributed by atoms with Crippen molar-refractivity contribution in [2.45, 2.75) is 6.54 Å². The van der Waals surface area contributed by atoms with Gasteiger partial charge in [0.25, 0.3) is 11.8 Å². The standard InChI is InChI=1S/C23H25N5O3/c29-22(24-7-9-27-11-13-31-14-12-27)17-4-1-3-16(15-17)21-26-19-6-2-5-18-20(19)28(21)10-8-25-23(18)30/h1-6,15H,7-14H2,(H,24,29)(H,25,30). The molecule has 0 saturated carbocycles. The van der Waals surface area contributed by atoms with Crippen molar-refractivity contribution in [1.29, 1.82) is 0 Å². The van der Waals surface area contributed by atoms with Crippen molar-refractivity contribution in [3.8, 4) is 11.4 Å². The number of ether oxygens (including phenoxy) is 1. The van der Waals surface area contributed by atoms with Crippen LogP contribution in [0, 0.1) is 0 Å². The SMILES string of the molecule is O=C(NCCN1CCOCC1)c1cccc(-c2nc3cccc4c3n2CCNC4=O)c1. The molecular formula is C23H25N5O3. The zero-order valence-corrected chi connectivity index (χ0v) is 17.3. The lowest BCUT2D eigenvalue weighted by atomic mass is 10.1. The van der Waals surface area contributed by atoms with E-state index in [9.17, 15) is 9.59 Å². The van der Waals surface area contributed by atoms with Crippen LogP contribution in [0.25, 0.3) is 22.4 Å². The zero-order chi connectivity index (χ0) is 21.2. The van der Waals surface area contributed by atoms with E-state index in [4.69, 9.17) is 9.72 Å². The van der Waals surface area contributed by atoms with Gasteiger partial charge in [-0.1, -0.05) is 18.2 Å². The molecule has 8 nitrogen and oxygen atoms in total. The van der Waals surface area contributed by atoms with Crippen LogP contribution in [-0.2, 0) is 11.3 Å². The van der Waals surface area contributed by atoms with Crippen molar-refractivity contribution in [2.24, 2.45) is 0 Å². The Labute approximate surface area is 180 Å². The number of nitrogens with one attached hydrogen (secondary N) is 2. The quantitative estimate of drug-likeness (QED) is 0.655. The number of hydrogen-bond acceptors (Lipinski definition) is 5. The Morgan fingerprint density at radius 3 is 2.84 bits per heavy atom. The van der Waals surface area contributed by atoms with Crippen LogP contribution in [0.2, 0.25) is 0 Å². The number of carbonyl (C=O) groups excluding carboxylic acids is 2. The molecular weight excluding hydrogens is 394 g/mol. The van der Waals surface area contributed by atoms with Crippen LogP contribution in [0.5, 0.6) is 0 Å². The largest absolute Gasteiger partial charge is 0.379 e. The number of morpholine rings is 1. The molecule has 2 aliphatic heterocycles. The number of nitrogens with zero attached hydrogens (tertiary/aromatic N) is 3. The summed E-state index contributed by atoms with van der Waals surface area (Å²) < 4.78 is 7.43. The summed E-state index contributed by atoms with van der Waals surface area (Å²) in [5, 5.41) is 5.95. The van der Waals surface area contributed by atoms with Crippen LogP contribution in [0.1, 0.15) is 20.7 Å². The molecule has 31 heavy (non-hydrogen) atoms. The summed E-state index contributed by atoms with van der Waals surface area (Å²) in [6.45, 7) is 5.88. The Hall–Kier alpha value is -3.23. The highest BCUT2D eigenvalue weighted by atomic mass is 16.5. The Morgan fingerprint density at radius 1 is 1.13 bits per heavy atom. The van der Waals surface area contributed by atoms with Crippen molar-refractivity contribution in [3.05, 3.63) is 53.6 Å². The van der Waals surface area contributed by atoms with Crippen LogP contribution >= 0.6 is 0 Å². The molecule has 160 valence electrons. The third kappa shape index (κ3) is 3.92. The van der Waals surface area contributed by atoms with E-state index in [0.29, 0.717) is 30.8 Å². The summed E-state index contributed by atoms with van der Waals surface area (Å²) in [5.74, 6) is 0.589. The molecule has 0 atom stereocenters. The second kappa shape index (κ2) is 8.49. The summed E-state index contributed by atoms with van der Waals surface area (Å²) >= 11 is 0. The van der Waals surface area contributed by atoms with Crippen molar-refractivity contribution < 1.29 is 14.3 Å². The number of benzene rings is 2. The van der Waals surface area contributed by atoms with Crippen LogP contribution in [0.3, 0.4) is 0 Å². The van der Waals surface area contributed by atoms with Gasteiger partial charge in [0.05, 0.1) is 29.8 Å². The lowest BCUT2D eigenvalue weighted by molar-refractivity contribution is 0.0383. The Bertz CT molecular complexity index is 1130. The Kier molecular flexibility index (Phi) is 5.40. The average Bonchev–Trinajstić information content (AvgIpc) is 3.09. The maximum absolute atomic E-state index is 12.7. The molecule has 0 bridgehead atoms. The minimum atomic E-state index is -0.0976. The summed E-state index contributed by atoms with van der Waals surface area (Å²) in [5.41, 5.74) is 3.71. The molecule has 1 fully saturated rings. The number of aromatic nitrogens is 2. The van der Waals surface area contributed by atoms with E-state index < -0.39 is 0 Å². The van der Waals surface area contributed by atoms with Crippen molar-refractivity contribution >= 4 is 22.8 Å². The van der Waals surface area contributed by atoms with Crippen LogP contribution in [0.4, 0.5) is 0 Å². The van der Waals surface area contributed by atoms with Gasteiger partial charge in [0.1, 0.15) is 5.82 Å². The van der Waals surface area contributed by atoms with Gasteiger partial charge in [-0.15, -0.1) is 0 Å². The molecule has 3 aromatic rings. The van der Waals surface area contributed by atoms with Gasteiger partial charge in [-0.05, 0) is 24.3 Å². The molecule has 2 N–H and O–H groups in total. The Balaban J connectivity index is 1.38. The third-order valence-electron chi connectivity index (χ3n) is 5.83. The second-order valence-electron chi connectivity index (χ2n) is 7.81. The number of imidazole rings is 1. The van der Waals surface area contributed by atoms with Crippen molar-refractivity contribution in [3.63, 3.8) is 0 Å². The highest BCUT2D eigenvalue weighted by Gasteiger charge is 2.22. The topological polar surface area (TPSA) is 88.5 Å². The lowest BCUT2D eigenvalue weighted by Gasteiger charge is -2.26. The maximum Gasteiger partial charge on any atom is 0.253 e. The van der Waals surface area contributed by atoms with Gasteiger partial charge in [0.2, 0.25) is 0 Å². The Morgan fingerprint density at radius 2 is 1.97 bits per heavy atom. The predicted octanol–water partition coefficient (Wildman–Crippen LogP) is 1.51. The maximum atomic E-state index is 12.7. The molecule has 8 heteroatoms. The zero-order valence-electron chi connectivity index (χ0n) is 17.3. The van der Waals surface area contributed by atoms with Crippen molar-refractivity contribution in [2.75, 3.05) is 45.9 Å². The van der Waals surface area contributed by atoms with Gasteiger partial charge in [-0.3, -0.25) is 14.5 Å². The van der Waals surface area contributed by atoms with E-state index in [2.05, 4.69) is 20.1 Å². The van der Waals surface area contributed by atoms with Crippen LogP contribution in [-0.4, -0.2) is 72.2 Å². The monoisotopic (exact) mass is 419 g/mol. The molecule has 0 spiro atoms. The van der Waals surface area contributed by atoms with Crippen molar-refractivity contribution in [1.82, 2.24) is 25.1 Å². The second-order valence-corrected chi connectivity index (χ2v) is 7.81. The number of para-hydroxylation sites is 1. The minimum absolute atomic E-state index is 0.0794. The summed E-state index contributed by atoms with van der Waals surface area (Å²) in [6.07, 6.45) is 0. The molecule has 2 amide bonds. The summed E-state index contributed by atoms with van der Waals surface area (Å²) in [6, 6.07) is 13.1. The molecule has 0 radical (unpaired) electrons. The van der Waals surface area contributed by atoms with E-state index in [0.717, 1.165) is 55.3 Å². The first-order chi connectivity index (χ1) is 15.2. The molecule has 1 aromatic heterocycles. The summed E-state index contributed by atoms with van der Waals surface area (Å²) in [7, 11) is 0. The van der Waals surface area contributed by atoms with E-state index in [-0.39, 0.29) is 11.8 Å². The van der Waals surface area contributed by atoms with Gasteiger partial charge in [0, 0.05) is 50.4 Å². The third-order valence-corrected chi connectivity index (χ3v) is 5.83. The van der Waals surface area contributed by atoms with Gasteiger partial charge < -0.3 is 19.9 Å². The lowest BCUT2D eigenvalue weighted by Crippen LogP contribution is -2.41.